The summed E-state index contributed by atoms with van der Waals surface area (Å²) in [6.45, 7) is 2.03. The molecule has 1 aliphatic rings. The second-order valence-corrected chi connectivity index (χ2v) is 5.34. The summed E-state index contributed by atoms with van der Waals surface area (Å²) in [7, 11) is 1.66. The van der Waals surface area contributed by atoms with Crippen molar-refractivity contribution in [2.45, 2.75) is 18.3 Å². The van der Waals surface area contributed by atoms with Crippen molar-refractivity contribution in [1.82, 2.24) is 5.32 Å². The molecule has 0 atom stereocenters. The molecule has 0 aromatic heterocycles. The molecule has 0 unspecified atom stereocenters. The lowest BCUT2D eigenvalue weighted by Gasteiger charge is -2.14. The van der Waals surface area contributed by atoms with E-state index in [1.807, 2.05) is 12.1 Å². The fourth-order valence-electron chi connectivity index (χ4n) is 2.07. The summed E-state index contributed by atoms with van der Waals surface area (Å²) in [5.74, 6) is 0.484. The molecule has 0 bridgehead atoms. The van der Waals surface area contributed by atoms with Gasteiger partial charge in [0.25, 0.3) is 0 Å². The van der Waals surface area contributed by atoms with Gasteiger partial charge in [0, 0.05) is 24.1 Å². The normalized spacial score (nSPS) is 17.3. The smallest absolute Gasteiger partial charge is 0.188 e. The summed E-state index contributed by atoms with van der Waals surface area (Å²) in [4.78, 5) is 4.42. The van der Waals surface area contributed by atoms with Gasteiger partial charge in [-0.3, -0.25) is 4.99 Å². The molecule has 2 rings (SSSR count). The highest BCUT2D eigenvalue weighted by Gasteiger charge is 2.44. The molecule has 5 heteroatoms. The minimum atomic E-state index is 0.165. The zero-order valence-corrected chi connectivity index (χ0v) is 11.9. The molecule has 0 radical (unpaired) electrons. The van der Waals surface area contributed by atoms with Gasteiger partial charge in [-0.05, 0) is 30.5 Å². The van der Waals surface area contributed by atoms with Crippen LogP contribution in [0.2, 0.25) is 5.02 Å². The number of benzene rings is 1. The first-order valence-electron chi connectivity index (χ1n) is 6.45. The van der Waals surface area contributed by atoms with Gasteiger partial charge in [-0.15, -0.1) is 0 Å². The summed E-state index contributed by atoms with van der Waals surface area (Å²) in [6, 6.07) is 8.03. The van der Waals surface area contributed by atoms with E-state index in [2.05, 4.69) is 22.4 Å². The Balaban J connectivity index is 1.91. The monoisotopic (exact) mass is 281 g/mol. The van der Waals surface area contributed by atoms with E-state index in [4.69, 9.17) is 22.1 Å². The summed E-state index contributed by atoms with van der Waals surface area (Å²) < 4.78 is 4.94. The molecule has 1 aromatic carbocycles. The molecule has 1 aromatic rings. The first-order chi connectivity index (χ1) is 9.16. The molecule has 0 heterocycles. The van der Waals surface area contributed by atoms with Crippen LogP contribution in [0.25, 0.3) is 0 Å². The Morgan fingerprint density at radius 2 is 2.11 bits per heavy atom. The Bertz CT molecular complexity index is 441. The van der Waals surface area contributed by atoms with E-state index in [1.54, 1.807) is 7.11 Å². The number of rotatable bonds is 6. The molecule has 1 fully saturated rings. The number of nitrogens with two attached hydrogens (primary N) is 1. The van der Waals surface area contributed by atoms with Gasteiger partial charge in [-0.25, -0.2) is 0 Å². The summed E-state index contributed by atoms with van der Waals surface area (Å²) >= 11 is 5.91. The number of nitrogens with one attached hydrogen (secondary N) is 1. The summed E-state index contributed by atoms with van der Waals surface area (Å²) in [5.41, 5.74) is 7.28. The van der Waals surface area contributed by atoms with Gasteiger partial charge in [0.15, 0.2) is 5.96 Å². The Kier molecular flexibility index (Phi) is 4.66. The maximum atomic E-state index is 5.91. The minimum Gasteiger partial charge on any atom is -0.383 e. The standard InChI is InChI=1S/C14H20ClN3O/c1-19-9-8-17-13(16)18-10-14(6-7-14)11-2-4-12(15)5-3-11/h2-5H,6-10H2,1H3,(H3,16,17,18). The van der Waals surface area contributed by atoms with Crippen molar-refractivity contribution in [1.29, 1.82) is 0 Å². The van der Waals surface area contributed by atoms with E-state index in [0.717, 1.165) is 24.4 Å². The van der Waals surface area contributed by atoms with Crippen molar-refractivity contribution in [3.63, 3.8) is 0 Å². The Morgan fingerprint density at radius 1 is 1.42 bits per heavy atom. The fourth-order valence-corrected chi connectivity index (χ4v) is 2.19. The predicted octanol–water partition coefficient (Wildman–Crippen LogP) is 1.92. The molecule has 4 nitrogen and oxygen atoms in total. The van der Waals surface area contributed by atoms with Crippen molar-refractivity contribution in [2.75, 3.05) is 26.8 Å². The van der Waals surface area contributed by atoms with Crippen LogP contribution in [-0.4, -0.2) is 32.8 Å². The highest BCUT2D eigenvalue weighted by molar-refractivity contribution is 6.30. The summed E-state index contributed by atoms with van der Waals surface area (Å²) in [6.07, 6.45) is 2.31. The van der Waals surface area contributed by atoms with Crippen molar-refractivity contribution in [2.24, 2.45) is 10.7 Å². The number of hydrogen-bond donors (Lipinski definition) is 2. The van der Waals surface area contributed by atoms with E-state index >= 15 is 0 Å². The molecule has 1 saturated carbocycles. The number of methoxy groups -OCH3 is 1. The largest absolute Gasteiger partial charge is 0.383 e. The molecule has 0 spiro atoms. The number of ether oxygens (including phenoxy) is 1. The average Bonchev–Trinajstić information content (AvgIpc) is 3.19. The molecule has 0 saturated heterocycles. The third kappa shape index (κ3) is 3.85. The molecule has 0 amide bonds. The van der Waals surface area contributed by atoms with Crippen LogP contribution in [0.1, 0.15) is 18.4 Å². The zero-order valence-electron chi connectivity index (χ0n) is 11.2. The summed E-state index contributed by atoms with van der Waals surface area (Å²) in [5, 5.41) is 3.79. The molecule has 0 aliphatic heterocycles. The van der Waals surface area contributed by atoms with E-state index in [1.165, 1.54) is 5.56 Å². The molecular weight excluding hydrogens is 262 g/mol. The Morgan fingerprint density at radius 3 is 2.68 bits per heavy atom. The fraction of sp³-hybridized carbons (Fsp3) is 0.500. The number of hydrogen-bond acceptors (Lipinski definition) is 2. The van der Waals surface area contributed by atoms with Crippen molar-refractivity contribution < 1.29 is 4.74 Å². The van der Waals surface area contributed by atoms with Gasteiger partial charge in [0.05, 0.1) is 13.2 Å². The maximum absolute atomic E-state index is 5.91. The van der Waals surface area contributed by atoms with Crippen LogP contribution in [0, 0.1) is 0 Å². The van der Waals surface area contributed by atoms with Crippen LogP contribution in [0.3, 0.4) is 0 Å². The number of aliphatic imine (C=N–C) groups is 1. The first-order valence-corrected chi connectivity index (χ1v) is 6.83. The second kappa shape index (κ2) is 6.26. The predicted molar refractivity (Wildman–Crippen MR) is 78.7 cm³/mol. The van der Waals surface area contributed by atoms with Crippen LogP contribution in [0.15, 0.2) is 29.3 Å². The van der Waals surface area contributed by atoms with Crippen molar-refractivity contribution in [3.05, 3.63) is 34.9 Å². The van der Waals surface area contributed by atoms with Crippen LogP contribution < -0.4 is 11.1 Å². The quantitative estimate of drug-likeness (QED) is 0.476. The number of guanidine groups is 1. The van der Waals surface area contributed by atoms with Crippen LogP contribution >= 0.6 is 11.6 Å². The van der Waals surface area contributed by atoms with Gasteiger partial charge in [-0.1, -0.05) is 23.7 Å². The first kappa shape index (κ1) is 14.2. The molecule has 104 valence electrons. The number of nitrogens with zero attached hydrogens (tertiary/aromatic N) is 1. The van der Waals surface area contributed by atoms with Crippen molar-refractivity contribution in [3.8, 4) is 0 Å². The average molecular weight is 282 g/mol. The SMILES string of the molecule is COCCNC(N)=NCC1(c2ccc(Cl)cc2)CC1. The second-order valence-electron chi connectivity index (χ2n) is 4.91. The third-order valence-corrected chi connectivity index (χ3v) is 3.73. The molecule has 1 aliphatic carbocycles. The highest BCUT2D eigenvalue weighted by Crippen LogP contribution is 2.48. The minimum absolute atomic E-state index is 0.165. The van der Waals surface area contributed by atoms with Crippen LogP contribution in [0.5, 0.6) is 0 Å². The third-order valence-electron chi connectivity index (χ3n) is 3.47. The topological polar surface area (TPSA) is 59.6 Å². The van der Waals surface area contributed by atoms with Crippen molar-refractivity contribution >= 4 is 17.6 Å². The van der Waals surface area contributed by atoms with E-state index in [0.29, 0.717) is 19.1 Å². The van der Waals surface area contributed by atoms with Gasteiger partial charge >= 0.3 is 0 Å². The molecular formula is C14H20ClN3O. The van der Waals surface area contributed by atoms with E-state index < -0.39 is 0 Å². The van der Waals surface area contributed by atoms with Crippen LogP contribution in [0.4, 0.5) is 0 Å². The number of halogens is 1. The Hall–Kier alpha value is -1.26. The van der Waals surface area contributed by atoms with E-state index in [-0.39, 0.29) is 5.41 Å². The lowest BCUT2D eigenvalue weighted by Crippen LogP contribution is -2.34. The van der Waals surface area contributed by atoms with Gasteiger partial charge < -0.3 is 15.8 Å². The Labute approximate surface area is 119 Å². The lowest BCUT2D eigenvalue weighted by atomic mass is 9.96. The molecule has 3 N–H and O–H groups in total. The van der Waals surface area contributed by atoms with Crippen LogP contribution in [-0.2, 0) is 10.2 Å². The lowest BCUT2D eigenvalue weighted by molar-refractivity contribution is 0.204. The van der Waals surface area contributed by atoms with Gasteiger partial charge in [-0.2, -0.15) is 0 Å². The van der Waals surface area contributed by atoms with Gasteiger partial charge in [0.2, 0.25) is 0 Å². The zero-order chi connectivity index (χ0) is 13.7. The molecule has 19 heavy (non-hydrogen) atoms. The highest BCUT2D eigenvalue weighted by atomic mass is 35.5. The van der Waals surface area contributed by atoms with Gasteiger partial charge in [0.1, 0.15) is 0 Å². The maximum Gasteiger partial charge on any atom is 0.188 e. The van der Waals surface area contributed by atoms with E-state index in [9.17, 15) is 0 Å².